The highest BCUT2D eigenvalue weighted by atomic mass is 16.6. The molecule has 7 heteroatoms. The van der Waals surface area contributed by atoms with Gasteiger partial charge in [0, 0.05) is 19.3 Å². The maximum Gasteiger partial charge on any atom is 0.410 e. The largest absolute Gasteiger partial charge is 0.461 e. The van der Waals surface area contributed by atoms with Crippen LogP contribution in [0.15, 0.2) is 12.3 Å². The van der Waals surface area contributed by atoms with Crippen LogP contribution in [0.25, 0.3) is 0 Å². The topological polar surface area (TPSA) is 84.6 Å². The number of amides is 1. The summed E-state index contributed by atoms with van der Waals surface area (Å²) in [5.74, 6) is -0.515. The molecule has 1 fully saturated rings. The highest BCUT2D eigenvalue weighted by Crippen LogP contribution is 2.27. The molecule has 0 saturated carbocycles. The van der Waals surface area contributed by atoms with Crippen molar-refractivity contribution in [3.05, 3.63) is 23.5 Å². The Hall–Kier alpha value is -2.49. The van der Waals surface area contributed by atoms with E-state index >= 15 is 0 Å². The molecular formula is C18H25N3O4. The molecule has 0 spiro atoms. The van der Waals surface area contributed by atoms with Crippen molar-refractivity contribution < 1.29 is 19.1 Å². The number of hydrogen-bond acceptors (Lipinski definition) is 5. The van der Waals surface area contributed by atoms with Gasteiger partial charge >= 0.3 is 12.1 Å². The van der Waals surface area contributed by atoms with Gasteiger partial charge < -0.3 is 18.9 Å². The Labute approximate surface area is 148 Å². The molecule has 0 N–H and O–H groups in total. The lowest BCUT2D eigenvalue weighted by Crippen LogP contribution is -2.43. The molecule has 25 heavy (non-hydrogen) atoms. The van der Waals surface area contributed by atoms with Gasteiger partial charge in [-0.25, -0.2) is 9.59 Å². The first-order chi connectivity index (χ1) is 11.8. The van der Waals surface area contributed by atoms with Crippen molar-refractivity contribution in [2.75, 3.05) is 19.7 Å². The number of aromatic nitrogens is 1. The van der Waals surface area contributed by atoms with Crippen molar-refractivity contribution in [2.45, 2.75) is 52.2 Å². The van der Waals surface area contributed by atoms with E-state index in [2.05, 4.69) is 0 Å². The van der Waals surface area contributed by atoms with Crippen LogP contribution < -0.4 is 0 Å². The van der Waals surface area contributed by atoms with Gasteiger partial charge in [-0.1, -0.05) is 0 Å². The molecular weight excluding hydrogens is 322 g/mol. The van der Waals surface area contributed by atoms with E-state index in [0.29, 0.717) is 13.1 Å². The van der Waals surface area contributed by atoms with Crippen LogP contribution in [-0.4, -0.2) is 46.8 Å². The number of nitrogens with zero attached hydrogens (tertiary/aromatic N) is 3. The minimum atomic E-state index is -0.554. The zero-order chi connectivity index (χ0) is 18.6. The molecule has 1 aromatic rings. The Balaban J connectivity index is 2.22. The van der Waals surface area contributed by atoms with Gasteiger partial charge in [-0.2, -0.15) is 5.26 Å². The van der Waals surface area contributed by atoms with Crippen molar-refractivity contribution in [1.29, 1.82) is 5.26 Å². The summed E-state index contributed by atoms with van der Waals surface area (Å²) in [6, 6.07) is 3.55. The molecule has 1 saturated heterocycles. The van der Waals surface area contributed by atoms with Gasteiger partial charge in [0.15, 0.2) is 0 Å². The molecule has 1 aromatic heterocycles. The quantitative estimate of drug-likeness (QED) is 0.784. The second kappa shape index (κ2) is 7.60. The summed E-state index contributed by atoms with van der Waals surface area (Å²) >= 11 is 0. The normalized spacial score (nSPS) is 17.7. The highest BCUT2D eigenvalue weighted by Gasteiger charge is 2.31. The van der Waals surface area contributed by atoms with Crippen LogP contribution in [-0.2, 0) is 9.47 Å². The van der Waals surface area contributed by atoms with Gasteiger partial charge in [-0.05, 0) is 46.6 Å². The van der Waals surface area contributed by atoms with E-state index in [4.69, 9.17) is 9.47 Å². The van der Waals surface area contributed by atoms with E-state index in [-0.39, 0.29) is 30.0 Å². The number of piperidine rings is 1. The lowest BCUT2D eigenvalue weighted by molar-refractivity contribution is 0.0171. The molecule has 1 aliphatic rings. The van der Waals surface area contributed by atoms with Crippen molar-refractivity contribution in [3.8, 4) is 6.07 Å². The predicted molar refractivity (Wildman–Crippen MR) is 91.2 cm³/mol. The number of carbonyl (C=O) groups excluding carboxylic acids is 2. The third-order valence-corrected chi connectivity index (χ3v) is 3.95. The molecule has 1 atom stereocenters. The maximum atomic E-state index is 12.3. The van der Waals surface area contributed by atoms with Crippen molar-refractivity contribution in [3.63, 3.8) is 0 Å². The second-order valence-electron chi connectivity index (χ2n) is 7.04. The van der Waals surface area contributed by atoms with E-state index in [9.17, 15) is 14.9 Å². The van der Waals surface area contributed by atoms with Crippen LogP contribution in [0.4, 0.5) is 4.79 Å². The average molecular weight is 347 g/mol. The number of carbonyl (C=O) groups is 2. The lowest BCUT2D eigenvalue weighted by Gasteiger charge is -2.35. The molecule has 0 unspecified atom stereocenters. The summed E-state index contributed by atoms with van der Waals surface area (Å²) in [4.78, 5) is 26.2. The van der Waals surface area contributed by atoms with Crippen molar-refractivity contribution >= 4 is 12.1 Å². The van der Waals surface area contributed by atoms with E-state index < -0.39 is 11.6 Å². The fourth-order valence-corrected chi connectivity index (χ4v) is 2.93. The number of likely N-dealkylation sites (tertiary alicyclic amines) is 1. The van der Waals surface area contributed by atoms with Crippen LogP contribution in [0.3, 0.4) is 0 Å². The third-order valence-electron chi connectivity index (χ3n) is 3.95. The van der Waals surface area contributed by atoms with Crippen molar-refractivity contribution in [1.82, 2.24) is 9.47 Å². The lowest BCUT2D eigenvalue weighted by atomic mass is 10.1. The SMILES string of the molecule is CCOC(=O)c1c(C#N)ccn1[C@@H]1CCCN(C(=O)OC(C)(C)C)C1. The summed E-state index contributed by atoms with van der Waals surface area (Å²) in [6.07, 6.45) is 2.97. The van der Waals surface area contributed by atoms with Gasteiger partial charge in [0.05, 0.1) is 18.2 Å². The fourth-order valence-electron chi connectivity index (χ4n) is 2.93. The Morgan fingerprint density at radius 1 is 1.40 bits per heavy atom. The van der Waals surface area contributed by atoms with Crippen molar-refractivity contribution in [2.24, 2.45) is 0 Å². The molecule has 2 rings (SSSR count). The first kappa shape index (κ1) is 18.8. The Morgan fingerprint density at radius 3 is 2.72 bits per heavy atom. The number of nitriles is 1. The zero-order valence-corrected chi connectivity index (χ0v) is 15.2. The van der Waals surface area contributed by atoms with E-state index in [1.54, 1.807) is 28.7 Å². The van der Waals surface area contributed by atoms with Gasteiger partial charge in [0.25, 0.3) is 0 Å². The summed E-state index contributed by atoms with van der Waals surface area (Å²) in [5.41, 5.74) is -0.0186. The molecule has 0 aliphatic carbocycles. The predicted octanol–water partition coefficient (Wildman–Crippen LogP) is 3.11. The van der Waals surface area contributed by atoms with E-state index in [0.717, 1.165) is 12.8 Å². The average Bonchev–Trinajstić information content (AvgIpc) is 2.97. The summed E-state index contributed by atoms with van der Waals surface area (Å²) in [7, 11) is 0. The van der Waals surface area contributed by atoms with Gasteiger partial charge in [-0.15, -0.1) is 0 Å². The number of rotatable bonds is 3. The molecule has 1 aliphatic heterocycles. The molecule has 0 radical (unpaired) electrons. The van der Waals surface area contributed by atoms with E-state index in [1.807, 2.05) is 26.8 Å². The van der Waals surface area contributed by atoms with Crippen LogP contribution in [0.5, 0.6) is 0 Å². The van der Waals surface area contributed by atoms with Crippen LogP contribution in [0.1, 0.15) is 62.6 Å². The smallest absolute Gasteiger partial charge is 0.410 e. The molecule has 7 nitrogen and oxygen atoms in total. The maximum absolute atomic E-state index is 12.3. The number of hydrogen-bond donors (Lipinski definition) is 0. The first-order valence-electron chi connectivity index (χ1n) is 8.52. The molecule has 2 heterocycles. The summed E-state index contributed by atoms with van der Waals surface area (Å²) in [6.45, 7) is 8.50. The standard InChI is InChI=1S/C18H25N3O4/c1-5-24-16(22)15-13(11-19)8-10-21(15)14-7-6-9-20(12-14)17(23)25-18(2,3)4/h8,10,14H,5-7,9,12H2,1-4H3/t14-/m1/s1. The third kappa shape index (κ3) is 4.53. The van der Waals surface area contributed by atoms with Gasteiger partial charge in [0.1, 0.15) is 17.4 Å². The minimum Gasteiger partial charge on any atom is -0.461 e. The summed E-state index contributed by atoms with van der Waals surface area (Å²) in [5, 5.41) is 9.26. The van der Waals surface area contributed by atoms with Gasteiger partial charge in [-0.3, -0.25) is 0 Å². The molecule has 136 valence electrons. The Morgan fingerprint density at radius 2 is 2.12 bits per heavy atom. The van der Waals surface area contributed by atoms with Crippen LogP contribution in [0, 0.1) is 11.3 Å². The number of esters is 1. The zero-order valence-electron chi connectivity index (χ0n) is 15.2. The first-order valence-corrected chi connectivity index (χ1v) is 8.52. The second-order valence-corrected chi connectivity index (χ2v) is 7.04. The highest BCUT2D eigenvalue weighted by molar-refractivity contribution is 5.90. The Kier molecular flexibility index (Phi) is 5.73. The fraction of sp³-hybridized carbons (Fsp3) is 0.611. The monoisotopic (exact) mass is 347 g/mol. The van der Waals surface area contributed by atoms with Crippen LogP contribution >= 0.6 is 0 Å². The van der Waals surface area contributed by atoms with E-state index in [1.165, 1.54) is 0 Å². The minimum absolute atomic E-state index is 0.0947. The molecule has 0 aromatic carbocycles. The summed E-state index contributed by atoms with van der Waals surface area (Å²) < 4.78 is 12.3. The molecule has 1 amide bonds. The van der Waals surface area contributed by atoms with Gasteiger partial charge in [0.2, 0.25) is 0 Å². The number of ether oxygens (including phenoxy) is 2. The Bertz CT molecular complexity index is 681. The van der Waals surface area contributed by atoms with Crippen LogP contribution in [0.2, 0.25) is 0 Å². The molecule has 0 bridgehead atoms.